The number of hydrogen-bond donors (Lipinski definition) is 3. The fourth-order valence-electron chi connectivity index (χ4n) is 2.12. The molecule has 0 saturated heterocycles. The van der Waals surface area contributed by atoms with E-state index in [-0.39, 0.29) is 12.2 Å². The number of aliphatic hydroxyl groups excluding tert-OH is 1. The summed E-state index contributed by atoms with van der Waals surface area (Å²) in [6, 6.07) is 11.7. The Morgan fingerprint density at radius 2 is 1.88 bits per heavy atom. The highest BCUT2D eigenvalue weighted by Crippen LogP contribution is 2.17. The number of nitro benzene ring substituents is 1. The van der Waals surface area contributed by atoms with Crippen LogP contribution < -0.4 is 10.6 Å². The van der Waals surface area contributed by atoms with E-state index in [1.807, 2.05) is 32.0 Å². The molecule has 0 amide bonds. The predicted octanol–water partition coefficient (Wildman–Crippen LogP) is 3.23. The highest BCUT2D eigenvalue weighted by atomic mass is 32.1. The van der Waals surface area contributed by atoms with E-state index in [9.17, 15) is 15.2 Å². The maximum atomic E-state index is 10.6. The number of benzene rings is 2. The lowest BCUT2D eigenvalue weighted by molar-refractivity contribution is -0.384. The molecule has 2 aromatic carbocycles. The predicted molar refractivity (Wildman–Crippen MR) is 98.2 cm³/mol. The molecule has 24 heavy (non-hydrogen) atoms. The van der Waals surface area contributed by atoms with Crippen molar-refractivity contribution in [3.05, 3.63) is 69.3 Å². The Kier molecular flexibility index (Phi) is 5.83. The van der Waals surface area contributed by atoms with Gasteiger partial charge in [0.05, 0.1) is 11.0 Å². The van der Waals surface area contributed by atoms with E-state index in [4.69, 9.17) is 12.2 Å². The van der Waals surface area contributed by atoms with Gasteiger partial charge in [-0.05, 0) is 67.0 Å². The van der Waals surface area contributed by atoms with Crippen LogP contribution in [-0.4, -0.2) is 21.7 Å². The van der Waals surface area contributed by atoms with Crippen LogP contribution in [0.15, 0.2) is 42.5 Å². The summed E-state index contributed by atoms with van der Waals surface area (Å²) in [5.41, 5.74) is 3.81. The minimum Gasteiger partial charge on any atom is -0.387 e. The molecule has 0 bridgehead atoms. The van der Waals surface area contributed by atoms with E-state index >= 15 is 0 Å². The summed E-state index contributed by atoms with van der Waals surface area (Å²) in [7, 11) is 0. The van der Waals surface area contributed by atoms with Gasteiger partial charge in [-0.1, -0.05) is 6.07 Å². The van der Waals surface area contributed by atoms with Gasteiger partial charge in [0.1, 0.15) is 0 Å². The Labute approximate surface area is 145 Å². The second-order valence-electron chi connectivity index (χ2n) is 5.50. The van der Waals surface area contributed by atoms with Crippen molar-refractivity contribution in [2.45, 2.75) is 20.0 Å². The zero-order chi connectivity index (χ0) is 17.7. The van der Waals surface area contributed by atoms with Gasteiger partial charge in [-0.25, -0.2) is 0 Å². The Morgan fingerprint density at radius 1 is 1.21 bits per heavy atom. The number of hydrogen-bond acceptors (Lipinski definition) is 4. The Bertz CT molecular complexity index is 747. The molecule has 0 saturated carbocycles. The molecule has 0 aliphatic rings. The summed E-state index contributed by atoms with van der Waals surface area (Å²) in [6.45, 7) is 4.26. The summed E-state index contributed by atoms with van der Waals surface area (Å²) in [4.78, 5) is 10.1. The molecule has 7 heteroatoms. The normalized spacial score (nSPS) is 11.6. The lowest BCUT2D eigenvalue weighted by Gasteiger charge is -2.15. The SMILES string of the molecule is Cc1ccc(NC(=S)NC[C@H](O)c2ccc([N+](=O)[O-])cc2)cc1C. The first-order chi connectivity index (χ1) is 11.4. The minimum absolute atomic E-state index is 0.00848. The highest BCUT2D eigenvalue weighted by Gasteiger charge is 2.11. The Morgan fingerprint density at radius 3 is 2.46 bits per heavy atom. The summed E-state index contributed by atoms with van der Waals surface area (Å²) in [5, 5.41) is 27.1. The number of rotatable bonds is 5. The molecule has 0 unspecified atom stereocenters. The topological polar surface area (TPSA) is 87.4 Å². The maximum Gasteiger partial charge on any atom is 0.269 e. The molecule has 0 radical (unpaired) electrons. The van der Waals surface area contributed by atoms with Gasteiger partial charge in [-0.3, -0.25) is 10.1 Å². The van der Waals surface area contributed by atoms with Gasteiger partial charge in [-0.2, -0.15) is 0 Å². The van der Waals surface area contributed by atoms with Crippen molar-refractivity contribution in [3.63, 3.8) is 0 Å². The largest absolute Gasteiger partial charge is 0.387 e. The first-order valence-electron chi connectivity index (χ1n) is 7.41. The Hall–Kier alpha value is -2.51. The number of nitrogens with zero attached hydrogens (tertiary/aromatic N) is 1. The lowest BCUT2D eigenvalue weighted by atomic mass is 10.1. The average molecular weight is 345 g/mol. The van der Waals surface area contributed by atoms with Crippen molar-refractivity contribution >= 4 is 28.7 Å². The summed E-state index contributed by atoms with van der Waals surface area (Å²) < 4.78 is 0. The third-order valence-corrected chi connectivity index (χ3v) is 3.96. The van der Waals surface area contributed by atoms with Gasteiger partial charge in [0.15, 0.2) is 5.11 Å². The molecule has 0 aliphatic heterocycles. The zero-order valence-corrected chi connectivity index (χ0v) is 14.3. The van der Waals surface area contributed by atoms with Crippen LogP contribution in [0.2, 0.25) is 0 Å². The van der Waals surface area contributed by atoms with Gasteiger partial charge >= 0.3 is 0 Å². The van der Waals surface area contributed by atoms with Gasteiger partial charge in [0.25, 0.3) is 5.69 Å². The average Bonchev–Trinajstić information content (AvgIpc) is 2.56. The van der Waals surface area contributed by atoms with E-state index in [1.54, 1.807) is 0 Å². The third-order valence-electron chi connectivity index (χ3n) is 3.71. The van der Waals surface area contributed by atoms with Crippen LogP contribution in [0, 0.1) is 24.0 Å². The van der Waals surface area contributed by atoms with Crippen LogP contribution in [0.3, 0.4) is 0 Å². The van der Waals surface area contributed by atoms with Crippen LogP contribution in [0.1, 0.15) is 22.8 Å². The smallest absolute Gasteiger partial charge is 0.269 e. The first kappa shape index (κ1) is 17.8. The van der Waals surface area contributed by atoms with Crippen LogP contribution in [-0.2, 0) is 0 Å². The molecular formula is C17H19N3O3S. The van der Waals surface area contributed by atoms with Crippen LogP contribution in [0.5, 0.6) is 0 Å². The Balaban J connectivity index is 1.88. The molecule has 3 N–H and O–H groups in total. The van der Waals surface area contributed by atoms with E-state index in [0.29, 0.717) is 10.7 Å². The number of nitrogens with one attached hydrogen (secondary N) is 2. The van der Waals surface area contributed by atoms with E-state index in [0.717, 1.165) is 11.3 Å². The van der Waals surface area contributed by atoms with Crippen molar-refractivity contribution in [2.75, 3.05) is 11.9 Å². The molecule has 0 heterocycles. The summed E-state index contributed by atoms with van der Waals surface area (Å²) in [6.07, 6.45) is -0.815. The van der Waals surface area contributed by atoms with Crippen molar-refractivity contribution < 1.29 is 10.0 Å². The van der Waals surface area contributed by atoms with Crippen LogP contribution in [0.25, 0.3) is 0 Å². The second-order valence-corrected chi connectivity index (χ2v) is 5.91. The number of thiocarbonyl (C=S) groups is 1. The number of aryl methyl sites for hydroxylation is 2. The van der Waals surface area contributed by atoms with Gasteiger partial charge in [0, 0.05) is 24.4 Å². The molecule has 2 aromatic rings. The molecule has 0 aliphatic carbocycles. The number of non-ortho nitro benzene ring substituents is 1. The van der Waals surface area contributed by atoms with Crippen molar-refractivity contribution in [1.29, 1.82) is 0 Å². The fraction of sp³-hybridized carbons (Fsp3) is 0.235. The van der Waals surface area contributed by atoms with Crippen LogP contribution >= 0.6 is 12.2 Å². The summed E-state index contributed by atoms with van der Waals surface area (Å²) in [5.74, 6) is 0. The second kappa shape index (κ2) is 7.85. The third kappa shape index (κ3) is 4.74. The quantitative estimate of drug-likeness (QED) is 0.438. The molecule has 6 nitrogen and oxygen atoms in total. The zero-order valence-electron chi connectivity index (χ0n) is 13.4. The van der Waals surface area contributed by atoms with E-state index in [2.05, 4.69) is 10.6 Å². The highest BCUT2D eigenvalue weighted by molar-refractivity contribution is 7.80. The maximum absolute atomic E-state index is 10.6. The number of anilines is 1. The molecule has 2 rings (SSSR count). The summed E-state index contributed by atoms with van der Waals surface area (Å²) >= 11 is 5.21. The molecule has 0 aromatic heterocycles. The standard InChI is InChI=1S/C17H19N3O3S/c1-11-3-6-14(9-12(11)2)19-17(24)18-10-16(21)13-4-7-15(8-5-13)20(22)23/h3-9,16,21H,10H2,1-2H3,(H2,18,19,24)/t16-/m0/s1. The molecule has 0 spiro atoms. The molecule has 126 valence electrons. The van der Waals surface area contributed by atoms with Crippen molar-refractivity contribution in [2.24, 2.45) is 0 Å². The molecule has 1 atom stereocenters. The minimum atomic E-state index is -0.815. The van der Waals surface area contributed by atoms with Gasteiger partial charge < -0.3 is 15.7 Å². The first-order valence-corrected chi connectivity index (χ1v) is 7.82. The van der Waals surface area contributed by atoms with E-state index < -0.39 is 11.0 Å². The number of nitro groups is 1. The monoisotopic (exact) mass is 345 g/mol. The molecular weight excluding hydrogens is 326 g/mol. The van der Waals surface area contributed by atoms with Crippen LogP contribution in [0.4, 0.5) is 11.4 Å². The van der Waals surface area contributed by atoms with Crippen molar-refractivity contribution in [3.8, 4) is 0 Å². The van der Waals surface area contributed by atoms with Crippen molar-refractivity contribution in [1.82, 2.24) is 5.32 Å². The van der Waals surface area contributed by atoms with Gasteiger partial charge in [0.2, 0.25) is 0 Å². The number of aliphatic hydroxyl groups is 1. The lowest BCUT2D eigenvalue weighted by Crippen LogP contribution is -2.32. The van der Waals surface area contributed by atoms with E-state index in [1.165, 1.54) is 29.8 Å². The van der Waals surface area contributed by atoms with Gasteiger partial charge in [-0.15, -0.1) is 0 Å². The fourth-order valence-corrected chi connectivity index (χ4v) is 2.32. The molecule has 0 fully saturated rings.